The number of aromatic nitrogens is 1. The average molecular weight is 369 g/mol. The predicted octanol–water partition coefficient (Wildman–Crippen LogP) is 5.65. The molecule has 0 fully saturated rings. The molecule has 0 aliphatic rings. The van der Waals surface area contributed by atoms with Crippen LogP contribution in [0.2, 0.25) is 0 Å². The number of aryl methyl sites for hydroxylation is 1. The molecule has 4 rings (SSSR count). The Balaban J connectivity index is 1.51. The lowest BCUT2D eigenvalue weighted by Gasteiger charge is -2.09. The summed E-state index contributed by atoms with van der Waals surface area (Å²) in [6.45, 7) is 1.74. The van der Waals surface area contributed by atoms with Gasteiger partial charge in [-0.05, 0) is 43.3 Å². The second kappa shape index (κ2) is 7.80. The summed E-state index contributed by atoms with van der Waals surface area (Å²) in [5.74, 6) is 0.236. The SMILES string of the molecule is Cc1onc(-c2ccccc2)c1C(=O)Nc1ccc(Nc2ccccc2)cc1. The van der Waals surface area contributed by atoms with E-state index < -0.39 is 0 Å². The molecule has 5 nitrogen and oxygen atoms in total. The predicted molar refractivity (Wildman–Crippen MR) is 111 cm³/mol. The van der Waals surface area contributed by atoms with E-state index in [-0.39, 0.29) is 5.91 Å². The Kier molecular flexibility index (Phi) is 4.89. The van der Waals surface area contributed by atoms with Crippen LogP contribution in [0.5, 0.6) is 0 Å². The number of nitrogens with zero attached hydrogens (tertiary/aromatic N) is 1. The molecule has 2 N–H and O–H groups in total. The maximum absolute atomic E-state index is 12.8. The Bertz CT molecular complexity index is 1070. The normalized spacial score (nSPS) is 10.5. The third-order valence-electron chi connectivity index (χ3n) is 4.34. The summed E-state index contributed by atoms with van der Waals surface area (Å²) in [5, 5.41) is 10.3. The van der Waals surface area contributed by atoms with E-state index in [0.717, 1.165) is 16.9 Å². The topological polar surface area (TPSA) is 67.2 Å². The molecule has 138 valence electrons. The molecule has 0 spiro atoms. The summed E-state index contributed by atoms with van der Waals surface area (Å²) in [7, 11) is 0. The largest absolute Gasteiger partial charge is 0.360 e. The lowest BCUT2D eigenvalue weighted by atomic mass is 10.1. The van der Waals surface area contributed by atoms with E-state index in [4.69, 9.17) is 4.52 Å². The molecule has 1 heterocycles. The van der Waals surface area contributed by atoms with Gasteiger partial charge in [0.2, 0.25) is 0 Å². The van der Waals surface area contributed by atoms with Crippen molar-refractivity contribution >= 4 is 23.0 Å². The number of hydrogen-bond acceptors (Lipinski definition) is 4. The van der Waals surface area contributed by atoms with Crippen LogP contribution in [0.15, 0.2) is 89.5 Å². The van der Waals surface area contributed by atoms with Crippen molar-refractivity contribution in [1.29, 1.82) is 0 Å². The van der Waals surface area contributed by atoms with Crippen molar-refractivity contribution < 1.29 is 9.32 Å². The van der Waals surface area contributed by atoms with Crippen molar-refractivity contribution in [3.63, 3.8) is 0 Å². The highest BCUT2D eigenvalue weighted by molar-refractivity contribution is 6.08. The van der Waals surface area contributed by atoms with E-state index in [1.807, 2.05) is 84.9 Å². The number of nitrogens with one attached hydrogen (secondary N) is 2. The summed E-state index contributed by atoms with van der Waals surface area (Å²) in [6.07, 6.45) is 0. The molecule has 3 aromatic carbocycles. The van der Waals surface area contributed by atoms with Crippen molar-refractivity contribution in [3.05, 3.63) is 96.3 Å². The monoisotopic (exact) mass is 369 g/mol. The number of rotatable bonds is 5. The minimum Gasteiger partial charge on any atom is -0.360 e. The molecule has 0 aliphatic carbocycles. The molecular formula is C23H19N3O2. The quantitative estimate of drug-likeness (QED) is 0.477. The van der Waals surface area contributed by atoms with Crippen molar-refractivity contribution in [2.24, 2.45) is 0 Å². The van der Waals surface area contributed by atoms with Gasteiger partial charge in [0.25, 0.3) is 5.91 Å². The molecule has 5 heteroatoms. The number of carbonyl (C=O) groups excluding carboxylic acids is 1. The molecule has 0 unspecified atom stereocenters. The number of hydrogen-bond donors (Lipinski definition) is 2. The summed E-state index contributed by atoms with van der Waals surface area (Å²) in [4.78, 5) is 12.8. The van der Waals surface area contributed by atoms with Crippen LogP contribution in [0.25, 0.3) is 11.3 Å². The van der Waals surface area contributed by atoms with Gasteiger partial charge in [-0.2, -0.15) is 0 Å². The first-order valence-corrected chi connectivity index (χ1v) is 8.96. The first-order chi connectivity index (χ1) is 13.7. The molecule has 0 atom stereocenters. The van der Waals surface area contributed by atoms with Gasteiger partial charge in [-0.3, -0.25) is 4.79 Å². The third-order valence-corrected chi connectivity index (χ3v) is 4.34. The third kappa shape index (κ3) is 3.78. The van der Waals surface area contributed by atoms with E-state index in [2.05, 4.69) is 15.8 Å². The molecule has 0 aliphatic heterocycles. The van der Waals surface area contributed by atoms with E-state index in [0.29, 0.717) is 22.7 Å². The lowest BCUT2D eigenvalue weighted by Crippen LogP contribution is -2.13. The van der Waals surface area contributed by atoms with Crippen LogP contribution in [0, 0.1) is 6.92 Å². The fourth-order valence-corrected chi connectivity index (χ4v) is 2.95. The smallest absolute Gasteiger partial charge is 0.261 e. The van der Waals surface area contributed by atoms with E-state index in [1.54, 1.807) is 6.92 Å². The highest BCUT2D eigenvalue weighted by Gasteiger charge is 2.21. The van der Waals surface area contributed by atoms with Gasteiger partial charge in [-0.15, -0.1) is 0 Å². The number of carbonyl (C=O) groups is 1. The zero-order valence-corrected chi connectivity index (χ0v) is 15.3. The van der Waals surface area contributed by atoms with Gasteiger partial charge >= 0.3 is 0 Å². The highest BCUT2D eigenvalue weighted by atomic mass is 16.5. The van der Waals surface area contributed by atoms with Crippen LogP contribution in [-0.2, 0) is 0 Å². The molecule has 1 amide bonds. The number of amides is 1. The lowest BCUT2D eigenvalue weighted by molar-refractivity contribution is 0.102. The molecule has 0 saturated heterocycles. The number of benzene rings is 3. The van der Waals surface area contributed by atoms with Gasteiger partial charge < -0.3 is 15.2 Å². The van der Waals surface area contributed by atoms with E-state index in [9.17, 15) is 4.79 Å². The highest BCUT2D eigenvalue weighted by Crippen LogP contribution is 2.26. The van der Waals surface area contributed by atoms with E-state index in [1.165, 1.54) is 0 Å². The Hall–Kier alpha value is -3.86. The Morgan fingerprint density at radius 2 is 1.36 bits per heavy atom. The first-order valence-electron chi connectivity index (χ1n) is 8.96. The van der Waals surface area contributed by atoms with Crippen LogP contribution in [0.1, 0.15) is 16.1 Å². The van der Waals surface area contributed by atoms with Crippen LogP contribution >= 0.6 is 0 Å². The minimum atomic E-state index is -0.249. The fraction of sp³-hybridized carbons (Fsp3) is 0.0435. The molecular weight excluding hydrogens is 350 g/mol. The standard InChI is InChI=1S/C23H19N3O2/c1-16-21(22(26-28-16)17-8-4-2-5-9-17)23(27)25-20-14-12-19(13-15-20)24-18-10-6-3-7-11-18/h2-15,24H,1H3,(H,25,27). The van der Waals surface area contributed by atoms with Crippen LogP contribution in [-0.4, -0.2) is 11.1 Å². The average Bonchev–Trinajstić information content (AvgIpc) is 3.12. The number of anilines is 3. The van der Waals surface area contributed by atoms with Crippen molar-refractivity contribution in [1.82, 2.24) is 5.16 Å². The summed E-state index contributed by atoms with van der Waals surface area (Å²) < 4.78 is 5.27. The van der Waals surface area contributed by atoms with Crippen LogP contribution in [0.3, 0.4) is 0 Å². The van der Waals surface area contributed by atoms with Crippen molar-refractivity contribution in [3.8, 4) is 11.3 Å². The summed E-state index contributed by atoms with van der Waals surface area (Å²) >= 11 is 0. The van der Waals surface area contributed by atoms with Crippen molar-refractivity contribution in [2.75, 3.05) is 10.6 Å². The van der Waals surface area contributed by atoms with Gasteiger partial charge in [0, 0.05) is 22.6 Å². The Morgan fingerprint density at radius 1 is 0.786 bits per heavy atom. The zero-order valence-electron chi connectivity index (χ0n) is 15.3. The van der Waals surface area contributed by atoms with Gasteiger partial charge in [0.05, 0.1) is 0 Å². The molecule has 28 heavy (non-hydrogen) atoms. The molecule has 0 saturated carbocycles. The maximum Gasteiger partial charge on any atom is 0.261 e. The first kappa shape index (κ1) is 17.5. The Labute approximate surface area is 163 Å². The fourth-order valence-electron chi connectivity index (χ4n) is 2.95. The minimum absolute atomic E-state index is 0.249. The van der Waals surface area contributed by atoms with Gasteiger partial charge in [0.1, 0.15) is 17.0 Å². The maximum atomic E-state index is 12.8. The molecule has 0 radical (unpaired) electrons. The second-order valence-electron chi connectivity index (χ2n) is 6.35. The van der Waals surface area contributed by atoms with Gasteiger partial charge in [-0.1, -0.05) is 53.7 Å². The second-order valence-corrected chi connectivity index (χ2v) is 6.35. The van der Waals surface area contributed by atoms with Crippen molar-refractivity contribution in [2.45, 2.75) is 6.92 Å². The van der Waals surface area contributed by atoms with Crippen LogP contribution in [0.4, 0.5) is 17.1 Å². The summed E-state index contributed by atoms with van der Waals surface area (Å²) in [6, 6.07) is 27.0. The molecule has 1 aromatic heterocycles. The van der Waals surface area contributed by atoms with Gasteiger partial charge in [-0.25, -0.2) is 0 Å². The van der Waals surface area contributed by atoms with E-state index >= 15 is 0 Å². The van der Waals surface area contributed by atoms with Gasteiger partial charge in [0.15, 0.2) is 0 Å². The van der Waals surface area contributed by atoms with Crippen LogP contribution < -0.4 is 10.6 Å². The molecule has 4 aromatic rings. The molecule has 0 bridgehead atoms. The Morgan fingerprint density at radius 3 is 2.04 bits per heavy atom. The summed E-state index contributed by atoms with van der Waals surface area (Å²) in [5.41, 5.74) is 4.47. The number of para-hydroxylation sites is 1. The zero-order chi connectivity index (χ0) is 19.3.